The average molecular weight is 506 g/mol. The zero-order valence-electron chi connectivity index (χ0n) is 15.7. The molecule has 0 atom stereocenters. The molecule has 0 saturated carbocycles. The van der Waals surface area contributed by atoms with Gasteiger partial charge in [0.25, 0.3) is 0 Å². The van der Waals surface area contributed by atoms with E-state index in [4.69, 9.17) is 14.7 Å². The summed E-state index contributed by atoms with van der Waals surface area (Å²) < 4.78 is 9.80. The Morgan fingerprint density at radius 2 is 0.966 bits per heavy atom. The van der Waals surface area contributed by atoms with Crippen LogP contribution < -0.4 is 10.7 Å². The van der Waals surface area contributed by atoms with E-state index in [2.05, 4.69) is 36.4 Å². The van der Waals surface area contributed by atoms with Crippen LogP contribution in [0.3, 0.4) is 0 Å². The summed E-state index contributed by atoms with van der Waals surface area (Å²) in [4.78, 5) is 13.3. The van der Waals surface area contributed by atoms with Gasteiger partial charge in [0.1, 0.15) is 0 Å². The summed E-state index contributed by atoms with van der Waals surface area (Å²) in [5.74, 6) is -0.325. The molecule has 0 unspecified atom stereocenters. The van der Waals surface area contributed by atoms with Gasteiger partial charge < -0.3 is 0 Å². The molecule has 4 aromatic rings. The predicted molar refractivity (Wildman–Crippen MR) is 121 cm³/mol. The third kappa shape index (κ3) is 4.09. The van der Waals surface area contributed by atoms with Gasteiger partial charge >= 0.3 is 181 Å². The van der Waals surface area contributed by atoms with Gasteiger partial charge in [-0.15, -0.1) is 0 Å². The minimum atomic E-state index is -4.08. The van der Waals surface area contributed by atoms with Gasteiger partial charge in [0.2, 0.25) is 0 Å². The first-order chi connectivity index (χ1) is 14.2. The van der Waals surface area contributed by atoms with Crippen LogP contribution in [-0.2, 0) is 3.07 Å². The summed E-state index contributed by atoms with van der Waals surface area (Å²) in [5.41, 5.74) is 0.498. The number of rotatable bonds is 5. The molecule has 142 valence electrons. The Morgan fingerprint density at radius 3 is 1.34 bits per heavy atom. The van der Waals surface area contributed by atoms with Crippen LogP contribution in [0.2, 0.25) is 5.02 Å². The molecular formula is C25H19ClO2Sn. The number of hydrogen-bond donors (Lipinski definition) is 0. The van der Waals surface area contributed by atoms with Gasteiger partial charge in [0.15, 0.2) is 0 Å². The first-order valence-electron chi connectivity index (χ1n) is 9.35. The van der Waals surface area contributed by atoms with E-state index in [9.17, 15) is 4.79 Å². The topological polar surface area (TPSA) is 26.3 Å². The van der Waals surface area contributed by atoms with E-state index in [0.717, 1.165) is 10.7 Å². The first-order valence-corrected chi connectivity index (χ1v) is 15.2. The normalized spacial score (nSPS) is 11.1. The molecule has 0 aromatic heterocycles. The molecule has 0 N–H and O–H groups in total. The van der Waals surface area contributed by atoms with Crippen LogP contribution in [-0.4, -0.2) is 24.8 Å². The van der Waals surface area contributed by atoms with Gasteiger partial charge in [-0.25, -0.2) is 0 Å². The summed E-state index contributed by atoms with van der Waals surface area (Å²) >= 11 is 1.92. The molecule has 0 spiro atoms. The number of carbonyl (C=O) groups is 1. The fourth-order valence-electron chi connectivity index (χ4n) is 3.48. The average Bonchev–Trinajstić information content (AvgIpc) is 2.79. The van der Waals surface area contributed by atoms with Crippen LogP contribution >= 0.6 is 11.6 Å². The van der Waals surface area contributed by atoms with Crippen LogP contribution in [0.25, 0.3) is 0 Å². The number of benzene rings is 4. The Morgan fingerprint density at radius 1 is 0.586 bits per heavy atom. The van der Waals surface area contributed by atoms with Crippen molar-refractivity contribution in [2.45, 2.75) is 0 Å². The third-order valence-corrected chi connectivity index (χ3v) is 16.3. The van der Waals surface area contributed by atoms with Crippen LogP contribution in [0, 0.1) is 0 Å². The summed E-state index contributed by atoms with van der Waals surface area (Å²) in [7, 11) is 0. The van der Waals surface area contributed by atoms with Crippen molar-refractivity contribution in [3.63, 3.8) is 0 Å². The molecule has 0 aliphatic carbocycles. The Labute approximate surface area is 180 Å². The number of halogens is 1. The second-order valence-electron chi connectivity index (χ2n) is 6.68. The second kappa shape index (κ2) is 8.85. The van der Waals surface area contributed by atoms with Crippen LogP contribution in [0.4, 0.5) is 0 Å². The summed E-state index contributed by atoms with van der Waals surface area (Å²) in [5, 5.41) is 0.588. The third-order valence-electron chi connectivity index (χ3n) is 4.87. The van der Waals surface area contributed by atoms with Gasteiger partial charge in [0, 0.05) is 0 Å². The molecule has 0 aliphatic rings. The molecule has 0 radical (unpaired) electrons. The second-order valence-corrected chi connectivity index (χ2v) is 16.5. The standard InChI is InChI=1S/C7H5ClO2.3C6H5.Sn/c8-6-3-1-5(2-4-6)7(9)10;3*1-2-4-6-5-3-1;/h1-4H,(H,9,10);3*1-5H;/q;;;;+1/p-1. The van der Waals surface area contributed by atoms with Crippen molar-refractivity contribution in [3.8, 4) is 0 Å². The van der Waals surface area contributed by atoms with Gasteiger partial charge in [-0.2, -0.15) is 0 Å². The zero-order chi connectivity index (χ0) is 20.1. The molecule has 4 rings (SSSR count). The Kier molecular flexibility index (Phi) is 6.02. The van der Waals surface area contributed by atoms with Crippen molar-refractivity contribution in [1.82, 2.24) is 0 Å². The molecule has 0 heterocycles. The van der Waals surface area contributed by atoms with E-state index in [1.54, 1.807) is 24.3 Å². The fraction of sp³-hybridized carbons (Fsp3) is 0. The van der Waals surface area contributed by atoms with Crippen molar-refractivity contribution in [1.29, 1.82) is 0 Å². The van der Waals surface area contributed by atoms with E-state index in [1.807, 2.05) is 54.6 Å². The molecule has 29 heavy (non-hydrogen) atoms. The van der Waals surface area contributed by atoms with Crippen molar-refractivity contribution in [3.05, 3.63) is 126 Å². The maximum absolute atomic E-state index is 13.3. The summed E-state index contributed by atoms with van der Waals surface area (Å²) in [6.45, 7) is 0. The fourth-order valence-corrected chi connectivity index (χ4v) is 14.3. The Bertz CT molecular complexity index is 985. The SMILES string of the molecule is O=C([O][Sn]([c]1ccccc1)([c]1ccccc1)[c]1ccccc1)c1ccc(Cl)cc1. The molecule has 0 amide bonds. The zero-order valence-corrected chi connectivity index (χ0v) is 19.3. The van der Waals surface area contributed by atoms with E-state index in [1.165, 1.54) is 0 Å². The van der Waals surface area contributed by atoms with Crippen LogP contribution in [0.5, 0.6) is 0 Å². The molecule has 0 aliphatic heterocycles. The van der Waals surface area contributed by atoms with E-state index in [-0.39, 0.29) is 5.97 Å². The minimum absolute atomic E-state index is 0.325. The van der Waals surface area contributed by atoms with E-state index >= 15 is 0 Å². The van der Waals surface area contributed by atoms with Crippen molar-refractivity contribution >= 4 is 47.1 Å². The van der Waals surface area contributed by atoms with Gasteiger partial charge in [-0.1, -0.05) is 0 Å². The van der Waals surface area contributed by atoms with E-state index < -0.39 is 18.8 Å². The van der Waals surface area contributed by atoms with Gasteiger partial charge in [-0.05, 0) is 0 Å². The number of hydrogen-bond acceptors (Lipinski definition) is 2. The van der Waals surface area contributed by atoms with Gasteiger partial charge in [-0.3, -0.25) is 0 Å². The molecule has 4 heteroatoms. The van der Waals surface area contributed by atoms with Crippen molar-refractivity contribution < 1.29 is 7.87 Å². The number of carbonyl (C=O) groups excluding carboxylic acids is 1. The Hall–Kier alpha value is -2.56. The first kappa shape index (κ1) is 19.7. The predicted octanol–water partition coefficient (Wildman–Crippen LogP) is 4.16. The van der Waals surface area contributed by atoms with Crippen LogP contribution in [0.1, 0.15) is 10.4 Å². The summed E-state index contributed by atoms with van der Waals surface area (Å²) in [6.07, 6.45) is 0. The van der Waals surface area contributed by atoms with Crippen molar-refractivity contribution in [2.24, 2.45) is 0 Å². The monoisotopic (exact) mass is 506 g/mol. The maximum atomic E-state index is 13.3. The summed E-state index contributed by atoms with van der Waals surface area (Å²) in [6, 6.07) is 37.3. The van der Waals surface area contributed by atoms with Gasteiger partial charge in [0.05, 0.1) is 0 Å². The molecule has 4 aromatic carbocycles. The molecule has 0 saturated heterocycles. The Balaban J connectivity index is 1.92. The van der Waals surface area contributed by atoms with Crippen molar-refractivity contribution in [2.75, 3.05) is 0 Å². The van der Waals surface area contributed by atoms with E-state index in [0.29, 0.717) is 10.6 Å². The molecule has 0 fully saturated rings. The molecule has 0 bridgehead atoms. The van der Waals surface area contributed by atoms with Crippen LogP contribution in [0.15, 0.2) is 115 Å². The molecule has 2 nitrogen and oxygen atoms in total. The molecular weight excluding hydrogens is 486 g/mol. The quantitative estimate of drug-likeness (QED) is 0.381.